The van der Waals surface area contributed by atoms with Crippen LogP contribution >= 0.6 is 15.9 Å². The van der Waals surface area contributed by atoms with Gasteiger partial charge in [0.05, 0.1) is 11.9 Å². The number of rotatable bonds is 12. The molecule has 0 aliphatic rings. The minimum Gasteiger partial charge on any atom is -0.352 e. The lowest BCUT2D eigenvalue weighted by Crippen LogP contribution is -2.54. The van der Waals surface area contributed by atoms with Gasteiger partial charge in [0.25, 0.3) is 0 Å². The number of carbonyl (C=O) groups is 2. The summed E-state index contributed by atoms with van der Waals surface area (Å²) in [6.45, 7) is 3.60. The Hall–Kier alpha value is -3.17. The monoisotopic (exact) mass is 599 g/mol. The van der Waals surface area contributed by atoms with Gasteiger partial charge in [0.2, 0.25) is 21.8 Å². The standard InChI is InChI=1S/C29H34BrN3O4S/c1-4-22(2)31-29(35)27(19-23-12-7-5-8-13-23)32(20-24-14-11-15-25(30)18-24)28(34)21-33(38(3,36)37)26-16-9-6-10-17-26/h5-18,22,27H,4,19-21H2,1-3H3,(H,31,35). The molecule has 38 heavy (non-hydrogen) atoms. The van der Waals surface area contributed by atoms with Crippen LogP contribution in [0.25, 0.3) is 0 Å². The number of para-hydroxylation sites is 1. The Morgan fingerprint density at radius 3 is 2.11 bits per heavy atom. The van der Waals surface area contributed by atoms with Crippen molar-refractivity contribution < 1.29 is 18.0 Å². The number of benzene rings is 3. The Kier molecular flexibility index (Phi) is 10.5. The number of sulfonamides is 1. The van der Waals surface area contributed by atoms with Gasteiger partial charge in [-0.25, -0.2) is 8.42 Å². The normalized spacial score (nSPS) is 12.8. The molecule has 1 N–H and O–H groups in total. The van der Waals surface area contributed by atoms with Gasteiger partial charge in [-0.3, -0.25) is 13.9 Å². The fourth-order valence-electron chi connectivity index (χ4n) is 4.04. The maximum Gasteiger partial charge on any atom is 0.244 e. The number of halogens is 1. The highest BCUT2D eigenvalue weighted by molar-refractivity contribution is 9.10. The van der Waals surface area contributed by atoms with Crippen molar-refractivity contribution >= 4 is 43.5 Å². The third kappa shape index (κ3) is 8.43. The summed E-state index contributed by atoms with van der Waals surface area (Å²) >= 11 is 3.48. The van der Waals surface area contributed by atoms with E-state index in [1.165, 1.54) is 4.90 Å². The molecule has 0 spiro atoms. The van der Waals surface area contributed by atoms with E-state index in [0.717, 1.165) is 32.6 Å². The number of carbonyl (C=O) groups excluding carboxylic acids is 2. The summed E-state index contributed by atoms with van der Waals surface area (Å²) in [4.78, 5) is 29.1. The number of anilines is 1. The van der Waals surface area contributed by atoms with Crippen LogP contribution in [0.3, 0.4) is 0 Å². The van der Waals surface area contributed by atoms with Crippen LogP contribution in [0.1, 0.15) is 31.4 Å². The van der Waals surface area contributed by atoms with Crippen molar-refractivity contribution in [2.75, 3.05) is 17.1 Å². The van der Waals surface area contributed by atoms with Crippen molar-refractivity contribution in [2.45, 2.75) is 45.3 Å². The Labute approximate surface area is 234 Å². The predicted molar refractivity (Wildman–Crippen MR) is 155 cm³/mol. The van der Waals surface area contributed by atoms with Crippen LogP contribution in [0.4, 0.5) is 5.69 Å². The second-order valence-electron chi connectivity index (χ2n) is 9.28. The summed E-state index contributed by atoms with van der Waals surface area (Å²) < 4.78 is 27.4. The summed E-state index contributed by atoms with van der Waals surface area (Å²) in [5.41, 5.74) is 2.09. The number of hydrogen-bond acceptors (Lipinski definition) is 4. The van der Waals surface area contributed by atoms with Gasteiger partial charge in [-0.2, -0.15) is 0 Å². The molecule has 2 unspecified atom stereocenters. The van der Waals surface area contributed by atoms with Crippen molar-refractivity contribution in [1.82, 2.24) is 10.2 Å². The van der Waals surface area contributed by atoms with Crippen molar-refractivity contribution in [1.29, 1.82) is 0 Å². The zero-order chi connectivity index (χ0) is 27.7. The van der Waals surface area contributed by atoms with Crippen LogP contribution in [0.5, 0.6) is 0 Å². The van der Waals surface area contributed by atoms with Crippen molar-refractivity contribution in [3.8, 4) is 0 Å². The maximum absolute atomic E-state index is 14.0. The van der Waals surface area contributed by atoms with E-state index in [-0.39, 0.29) is 24.9 Å². The van der Waals surface area contributed by atoms with E-state index in [2.05, 4.69) is 21.2 Å². The highest BCUT2D eigenvalue weighted by Crippen LogP contribution is 2.21. The van der Waals surface area contributed by atoms with Crippen molar-refractivity contribution in [3.05, 3.63) is 101 Å². The molecule has 0 saturated carbocycles. The second-order valence-corrected chi connectivity index (χ2v) is 12.1. The third-order valence-electron chi connectivity index (χ3n) is 6.24. The third-order valence-corrected chi connectivity index (χ3v) is 7.87. The summed E-state index contributed by atoms with van der Waals surface area (Å²) in [7, 11) is -3.78. The molecule has 3 rings (SSSR count). The Bertz CT molecular complexity index is 1320. The van der Waals surface area contributed by atoms with Gasteiger partial charge in [0.15, 0.2) is 0 Å². The molecule has 2 atom stereocenters. The average molecular weight is 601 g/mol. The first-order valence-corrected chi connectivity index (χ1v) is 15.1. The molecular weight excluding hydrogens is 566 g/mol. The molecule has 9 heteroatoms. The number of nitrogens with one attached hydrogen (secondary N) is 1. The SMILES string of the molecule is CCC(C)NC(=O)C(Cc1ccccc1)N(Cc1cccc(Br)c1)C(=O)CN(c1ccccc1)S(C)(=O)=O. The molecular formula is C29H34BrN3O4S. The molecule has 2 amide bonds. The maximum atomic E-state index is 14.0. The molecule has 0 radical (unpaired) electrons. The average Bonchev–Trinajstić information content (AvgIpc) is 2.89. The van der Waals surface area contributed by atoms with E-state index < -0.39 is 28.5 Å². The molecule has 0 aromatic heterocycles. The lowest BCUT2D eigenvalue weighted by molar-refractivity contribution is -0.140. The van der Waals surface area contributed by atoms with Crippen LogP contribution in [0.2, 0.25) is 0 Å². The molecule has 0 bridgehead atoms. The van der Waals surface area contributed by atoms with Crippen LogP contribution in [-0.2, 0) is 32.6 Å². The predicted octanol–water partition coefficient (Wildman–Crippen LogP) is 4.77. The molecule has 3 aromatic carbocycles. The zero-order valence-electron chi connectivity index (χ0n) is 21.9. The first-order chi connectivity index (χ1) is 18.1. The Morgan fingerprint density at radius 2 is 1.53 bits per heavy atom. The van der Waals surface area contributed by atoms with Crippen LogP contribution in [0.15, 0.2) is 89.4 Å². The molecule has 202 valence electrons. The molecule has 0 saturated heterocycles. The van der Waals surface area contributed by atoms with Crippen molar-refractivity contribution in [3.63, 3.8) is 0 Å². The first kappa shape index (κ1) is 29.4. The lowest BCUT2D eigenvalue weighted by Gasteiger charge is -2.34. The quantitative estimate of drug-likeness (QED) is 0.325. The highest BCUT2D eigenvalue weighted by Gasteiger charge is 2.33. The Balaban J connectivity index is 2.04. The van der Waals surface area contributed by atoms with E-state index in [9.17, 15) is 18.0 Å². The summed E-state index contributed by atoms with van der Waals surface area (Å²) in [5.74, 6) is -0.753. The zero-order valence-corrected chi connectivity index (χ0v) is 24.3. The number of nitrogens with zero attached hydrogens (tertiary/aromatic N) is 2. The minimum atomic E-state index is -3.78. The topological polar surface area (TPSA) is 86.8 Å². The molecule has 3 aromatic rings. The van der Waals surface area contributed by atoms with E-state index in [1.807, 2.05) is 68.4 Å². The number of amides is 2. The summed E-state index contributed by atoms with van der Waals surface area (Å²) in [6, 6.07) is 24.6. The fourth-order valence-corrected chi connectivity index (χ4v) is 5.33. The van der Waals surface area contributed by atoms with E-state index in [4.69, 9.17) is 0 Å². The van der Waals surface area contributed by atoms with Gasteiger partial charge in [-0.1, -0.05) is 83.5 Å². The van der Waals surface area contributed by atoms with Gasteiger partial charge in [-0.05, 0) is 48.7 Å². The smallest absolute Gasteiger partial charge is 0.244 e. The molecule has 0 aliphatic heterocycles. The van der Waals surface area contributed by atoms with E-state index in [0.29, 0.717) is 5.69 Å². The molecule has 0 aliphatic carbocycles. The minimum absolute atomic E-state index is 0.0829. The van der Waals surface area contributed by atoms with Crippen LogP contribution in [0, 0.1) is 0 Å². The molecule has 0 fully saturated rings. The summed E-state index contributed by atoms with van der Waals surface area (Å²) in [5, 5.41) is 3.02. The van der Waals surface area contributed by atoms with Crippen LogP contribution < -0.4 is 9.62 Å². The van der Waals surface area contributed by atoms with Crippen molar-refractivity contribution in [2.24, 2.45) is 0 Å². The fraction of sp³-hybridized carbons (Fsp3) is 0.310. The molecule has 7 nitrogen and oxygen atoms in total. The van der Waals surface area contributed by atoms with Gasteiger partial charge in [0, 0.05) is 23.5 Å². The Morgan fingerprint density at radius 1 is 0.921 bits per heavy atom. The number of hydrogen-bond donors (Lipinski definition) is 1. The van der Waals surface area contributed by atoms with Gasteiger partial charge < -0.3 is 10.2 Å². The van der Waals surface area contributed by atoms with Gasteiger partial charge in [-0.15, -0.1) is 0 Å². The largest absolute Gasteiger partial charge is 0.352 e. The van der Waals surface area contributed by atoms with Gasteiger partial charge >= 0.3 is 0 Å². The van der Waals surface area contributed by atoms with E-state index in [1.54, 1.807) is 30.3 Å². The van der Waals surface area contributed by atoms with Crippen LogP contribution in [-0.4, -0.2) is 50.0 Å². The highest BCUT2D eigenvalue weighted by atomic mass is 79.9. The van der Waals surface area contributed by atoms with Gasteiger partial charge in [0.1, 0.15) is 12.6 Å². The molecule has 0 heterocycles. The lowest BCUT2D eigenvalue weighted by atomic mass is 10.0. The second kappa shape index (κ2) is 13.6. The van der Waals surface area contributed by atoms with E-state index >= 15 is 0 Å². The summed E-state index contributed by atoms with van der Waals surface area (Å²) in [6.07, 6.45) is 2.09. The first-order valence-electron chi connectivity index (χ1n) is 12.5.